The summed E-state index contributed by atoms with van der Waals surface area (Å²) in [6.07, 6.45) is -13.8. The molecule has 0 bridgehead atoms. The minimum atomic E-state index is -6.20. The van der Waals surface area contributed by atoms with Crippen LogP contribution in [0.25, 0.3) is 22.3 Å². The molecule has 5 aromatic heterocycles. The van der Waals surface area contributed by atoms with Crippen LogP contribution in [0.3, 0.4) is 0 Å². The molecule has 5 aromatic rings. The normalized spacial score (nSPS) is 30.9. The molecule has 0 radical (unpaired) electrons. The van der Waals surface area contributed by atoms with Crippen LogP contribution in [-0.2, 0) is 71.0 Å². The van der Waals surface area contributed by atoms with Crippen LogP contribution in [0.4, 0.5) is 11.8 Å². The fourth-order valence-corrected chi connectivity index (χ4v) is 12.6. The van der Waals surface area contributed by atoms with E-state index in [1.54, 1.807) is 0 Å². The topological polar surface area (TPSA) is 527 Å². The Labute approximate surface area is 404 Å². The van der Waals surface area contributed by atoms with E-state index in [4.69, 9.17) is 48.5 Å². The number of aryl methyl sites for hydroxylation is 1. The van der Waals surface area contributed by atoms with Crippen molar-refractivity contribution < 1.29 is 108 Å². The summed E-state index contributed by atoms with van der Waals surface area (Å²) in [6.45, 7) is -4.16. The van der Waals surface area contributed by atoms with Gasteiger partial charge in [-0.2, -0.15) is 18.2 Å². The minimum absolute atomic E-state index is 0.00151. The molecule has 3 aliphatic heterocycles. The lowest BCUT2D eigenvalue weighted by Gasteiger charge is -2.26. The summed E-state index contributed by atoms with van der Waals surface area (Å²) >= 11 is 0. The highest BCUT2D eigenvalue weighted by atomic mass is 31.3. The summed E-state index contributed by atoms with van der Waals surface area (Å²) in [7, 11) is -20.9. The summed E-state index contributed by atoms with van der Waals surface area (Å²) < 4.78 is 108. The highest BCUT2D eigenvalue weighted by Gasteiger charge is 2.54. The quantitative estimate of drug-likeness (QED) is 0.0258. The number of H-pyrrole nitrogens is 2. The molecule has 0 aliphatic carbocycles. The molecule has 73 heavy (non-hydrogen) atoms. The zero-order valence-electron chi connectivity index (χ0n) is 37.2. The molecule has 14 N–H and O–H groups in total. The van der Waals surface area contributed by atoms with Crippen molar-refractivity contribution in [3.63, 3.8) is 0 Å². The summed E-state index contributed by atoms with van der Waals surface area (Å²) in [4.78, 5) is 99.0. The molecule has 16 atom stereocenters. The van der Waals surface area contributed by atoms with Crippen LogP contribution in [0.15, 0.2) is 45.6 Å². The number of phosphoric acid groups is 4. The van der Waals surface area contributed by atoms with Crippen molar-refractivity contribution in [3.8, 4) is 0 Å². The van der Waals surface area contributed by atoms with Crippen molar-refractivity contribution in [1.82, 2.24) is 43.6 Å². The molecular weight excluding hydrogens is 1080 g/mol. The number of nitrogen functional groups attached to an aromatic ring is 2. The van der Waals surface area contributed by atoms with Gasteiger partial charge in [0.2, 0.25) is 18.5 Å². The van der Waals surface area contributed by atoms with Crippen LogP contribution < -0.4 is 32.8 Å². The number of anilines is 2. The van der Waals surface area contributed by atoms with Gasteiger partial charge in [-0.15, -0.1) is 0 Å². The van der Waals surface area contributed by atoms with Crippen molar-refractivity contribution in [2.75, 3.05) is 45.0 Å². The standard InChI is InChI=1S/C32H44N12O25P4/c1-41-11-44(26-18(41)27(50)40-31(34)39-26)28-19(47)12(5-45)13(64-28)6-62-71(54,55)68-73(58,59)69-72(56,57)63-8-15-22(23(60-2)30(66-15)43-10-37-17-24(33)35-9-36-25(17)43)67-70(52,53)61-7-14-20(48)21(49)29(65-14)42-4-3-16(46)38-32(42)51/h3-4,9-15,19-23,28-30,45,47-49H,5-8H2,1-2H3,(H9-,33,34,35,36,38,39,40,46,50,51,52,53,54,55,56,57,58,59)/p+1/t12-,13-,14-,15?,19-,20-,21-,22-,23-,28-,29-,30-/m1/s1. The summed E-state index contributed by atoms with van der Waals surface area (Å²) in [5.74, 6) is -1.66. The number of nitrogens with one attached hydrogen (secondary N) is 2. The molecule has 8 rings (SSSR count). The number of methoxy groups -OCH3 is 1. The predicted molar refractivity (Wildman–Crippen MR) is 232 cm³/mol. The molecule has 8 heterocycles. The first-order valence-corrected chi connectivity index (χ1v) is 26.7. The zero-order valence-corrected chi connectivity index (χ0v) is 40.8. The maximum atomic E-state index is 13.6. The van der Waals surface area contributed by atoms with Gasteiger partial charge in [-0.05, 0) is 0 Å². The number of phosphoric ester groups is 3. The number of aliphatic hydroxyl groups is 4. The van der Waals surface area contributed by atoms with Gasteiger partial charge >= 0.3 is 42.5 Å². The average Bonchev–Trinajstić information content (AvgIpc) is 4.09. The Balaban J connectivity index is 0.935. The summed E-state index contributed by atoms with van der Waals surface area (Å²) in [5.41, 5.74) is 9.10. The van der Waals surface area contributed by atoms with E-state index >= 15 is 0 Å². The molecule has 0 saturated carbocycles. The Morgan fingerprint density at radius 2 is 1.36 bits per heavy atom. The third kappa shape index (κ3) is 11.5. The number of fused-ring (bicyclic) bond motifs is 2. The van der Waals surface area contributed by atoms with Gasteiger partial charge in [0.1, 0.15) is 54.6 Å². The predicted octanol–water partition coefficient (Wildman–Crippen LogP) is -4.63. The first-order valence-electron chi connectivity index (χ1n) is 20.7. The zero-order chi connectivity index (χ0) is 53.1. The molecule has 0 amide bonds. The Kier molecular flexibility index (Phi) is 15.6. The highest BCUT2D eigenvalue weighted by molar-refractivity contribution is 7.66. The Hall–Kier alpha value is -4.62. The number of nitrogens with two attached hydrogens (primary N) is 2. The van der Waals surface area contributed by atoms with Crippen molar-refractivity contribution in [1.29, 1.82) is 0 Å². The third-order valence-corrected chi connectivity index (χ3v) is 16.6. The van der Waals surface area contributed by atoms with Gasteiger partial charge < -0.3 is 70.4 Å². The second-order valence-electron chi connectivity index (χ2n) is 16.1. The van der Waals surface area contributed by atoms with Gasteiger partial charge in [0, 0.05) is 25.3 Å². The SMILES string of the molecule is CO[C@@H]1[C@H](OP(=O)(O)OC[C@H]2O[C@@H](n3ccc(=O)[nH]c3=O)[C@H](O)[C@@H]2O)C(COP(=O)(O)OP(=O)(O)OP(=O)(O)OC[C@H]2O[C@@H](n3c[n+](C)c4c(=O)[nH]c(N)nc43)[C@H](O)[C@@H]2CO)O[C@H]1n1cnc2c(N)ncnc21. The molecule has 0 aromatic carbocycles. The molecule has 3 fully saturated rings. The maximum Gasteiger partial charge on any atom is 0.490 e. The van der Waals surface area contributed by atoms with Crippen LogP contribution in [0.5, 0.6) is 0 Å². The number of aliphatic hydroxyl groups excluding tert-OH is 4. The van der Waals surface area contributed by atoms with E-state index in [1.807, 2.05) is 4.98 Å². The number of imidazole rings is 2. The van der Waals surface area contributed by atoms with E-state index in [0.29, 0.717) is 0 Å². The Bertz CT molecular complexity index is 3240. The number of hydrogen-bond acceptors (Lipinski definition) is 27. The van der Waals surface area contributed by atoms with Crippen LogP contribution >= 0.6 is 31.3 Å². The number of aromatic amines is 2. The second-order valence-corrected chi connectivity index (χ2v) is 22.1. The average molecular weight is 1120 g/mol. The summed E-state index contributed by atoms with van der Waals surface area (Å²) in [6, 6.07) is 0.921. The van der Waals surface area contributed by atoms with Gasteiger partial charge in [0.25, 0.3) is 16.7 Å². The molecule has 402 valence electrons. The first kappa shape index (κ1) is 54.6. The van der Waals surface area contributed by atoms with Crippen molar-refractivity contribution >= 4 is 65.4 Å². The van der Waals surface area contributed by atoms with Gasteiger partial charge in [-0.1, -0.05) is 0 Å². The van der Waals surface area contributed by atoms with Gasteiger partial charge in [-0.3, -0.25) is 46.8 Å². The molecular formula is C32H45N12O25P4+. The molecule has 3 saturated heterocycles. The largest absolute Gasteiger partial charge is 0.490 e. The fraction of sp³-hybridized carbons (Fsp3) is 0.562. The van der Waals surface area contributed by atoms with Gasteiger partial charge in [0.15, 0.2) is 23.9 Å². The van der Waals surface area contributed by atoms with Crippen LogP contribution in [-0.4, -0.2) is 166 Å². The van der Waals surface area contributed by atoms with Crippen molar-refractivity contribution in [2.24, 2.45) is 13.0 Å². The van der Waals surface area contributed by atoms with Crippen molar-refractivity contribution in [2.45, 2.75) is 67.5 Å². The minimum Gasteiger partial charge on any atom is -0.396 e. The van der Waals surface area contributed by atoms with E-state index in [2.05, 4.69) is 33.5 Å². The van der Waals surface area contributed by atoms with Gasteiger partial charge in [0.05, 0.1) is 45.9 Å². The Morgan fingerprint density at radius 3 is 2.01 bits per heavy atom. The third-order valence-electron chi connectivity index (χ3n) is 11.4. The fourth-order valence-electron chi connectivity index (χ4n) is 8.10. The lowest BCUT2D eigenvalue weighted by atomic mass is 9.99. The molecule has 37 nitrogen and oxygen atoms in total. The van der Waals surface area contributed by atoms with E-state index in [-0.39, 0.29) is 34.1 Å². The van der Waals surface area contributed by atoms with E-state index in [9.17, 15) is 72.6 Å². The lowest BCUT2D eigenvalue weighted by Crippen LogP contribution is -2.38. The lowest BCUT2D eigenvalue weighted by molar-refractivity contribution is -0.646. The second kappa shape index (κ2) is 20.8. The number of hydrogen-bond donors (Lipinski definition) is 12. The highest BCUT2D eigenvalue weighted by Crippen LogP contribution is 2.68. The van der Waals surface area contributed by atoms with Crippen LogP contribution in [0.1, 0.15) is 18.7 Å². The van der Waals surface area contributed by atoms with Crippen LogP contribution in [0, 0.1) is 5.92 Å². The molecule has 5 unspecified atom stereocenters. The number of aromatic nitrogens is 10. The number of ether oxygens (including phenoxy) is 4. The first-order chi connectivity index (χ1) is 34.2. The molecule has 41 heteroatoms. The van der Waals surface area contributed by atoms with Crippen LogP contribution in [0.2, 0.25) is 0 Å². The maximum absolute atomic E-state index is 13.6. The van der Waals surface area contributed by atoms with E-state index in [1.165, 1.54) is 27.1 Å². The smallest absolute Gasteiger partial charge is 0.396 e. The van der Waals surface area contributed by atoms with E-state index in [0.717, 1.165) is 36.6 Å². The Morgan fingerprint density at radius 1 is 0.740 bits per heavy atom. The monoisotopic (exact) mass is 1120 g/mol. The summed E-state index contributed by atoms with van der Waals surface area (Å²) in [5, 5.41) is 42.3. The number of rotatable bonds is 20. The van der Waals surface area contributed by atoms with Gasteiger partial charge in [-0.25, -0.2) is 42.6 Å². The number of nitrogens with zero attached hydrogens (tertiary/aromatic N) is 8. The molecule has 3 aliphatic rings. The van der Waals surface area contributed by atoms with E-state index < -0.39 is 148 Å². The molecule has 0 spiro atoms. The van der Waals surface area contributed by atoms with Crippen molar-refractivity contribution in [3.05, 3.63) is 62.4 Å².